The average molecular weight is 1550 g/mol. The third-order valence-corrected chi connectivity index (χ3v) is 23.4. The molecule has 0 aromatic carbocycles. The molecule has 0 spiro atoms. The molecule has 0 aliphatic carbocycles. The maximum atomic E-state index is 13.2. The van der Waals surface area contributed by atoms with Gasteiger partial charge >= 0.3 is 39.5 Å². The van der Waals surface area contributed by atoms with E-state index < -0.39 is 97.5 Å². The first-order valence-electron chi connectivity index (χ1n) is 45.0. The molecule has 5 unspecified atom stereocenters. The van der Waals surface area contributed by atoms with Crippen LogP contribution in [0, 0.1) is 17.8 Å². The van der Waals surface area contributed by atoms with Crippen LogP contribution in [0.5, 0.6) is 0 Å². The van der Waals surface area contributed by atoms with Crippen molar-refractivity contribution in [2.75, 3.05) is 39.6 Å². The van der Waals surface area contributed by atoms with E-state index >= 15 is 0 Å². The van der Waals surface area contributed by atoms with Crippen LogP contribution in [0.3, 0.4) is 0 Å². The van der Waals surface area contributed by atoms with E-state index in [1.807, 2.05) is 0 Å². The molecular weight excluding hydrogens is 1380 g/mol. The van der Waals surface area contributed by atoms with Gasteiger partial charge in [-0.1, -0.05) is 408 Å². The largest absolute Gasteiger partial charge is 0.472 e. The Morgan fingerprint density at radius 2 is 0.453 bits per heavy atom. The van der Waals surface area contributed by atoms with Crippen LogP contribution in [0.1, 0.15) is 459 Å². The van der Waals surface area contributed by atoms with Gasteiger partial charge in [0.15, 0.2) is 12.2 Å². The van der Waals surface area contributed by atoms with Gasteiger partial charge in [0.2, 0.25) is 0 Å². The predicted molar refractivity (Wildman–Crippen MR) is 437 cm³/mol. The predicted octanol–water partition coefficient (Wildman–Crippen LogP) is 26.5. The molecular formula is C87H170O17P2. The Morgan fingerprint density at radius 3 is 0.670 bits per heavy atom. The Hall–Kier alpha value is -1.94. The number of rotatable bonds is 85. The van der Waals surface area contributed by atoms with E-state index in [-0.39, 0.29) is 25.7 Å². The highest BCUT2D eigenvalue weighted by atomic mass is 31.2. The molecule has 0 rings (SSSR count). The highest BCUT2D eigenvalue weighted by Gasteiger charge is 2.31. The molecule has 8 atom stereocenters. The standard InChI is InChI=1S/C87H170O17P2/c1-8-12-13-14-15-16-39-47-54-61-68-84(89)97-75-83(104-87(92)71-64-57-50-43-42-46-53-60-67-80(7)11-4)77-102-106(95,96)100-73-81(88)72-99-105(93,94)101-76-82(103-86(91)70-63-56-49-41-36-32-28-24-20-18-22-26-30-34-38-45-52-59-66-79(6)10-3)74-98-85(90)69-62-55-48-40-35-31-27-23-19-17-21-25-29-33-37-44-51-58-65-78(5)9-2/h78-83,88H,8-77H2,1-7H3,(H,93,94)(H,95,96)/t78?,79?,80?,81-,82-,83-/m1/s1. The fourth-order valence-electron chi connectivity index (χ4n) is 13.4. The molecule has 630 valence electrons. The van der Waals surface area contributed by atoms with Crippen molar-refractivity contribution in [3.8, 4) is 0 Å². The van der Waals surface area contributed by atoms with Crippen LogP contribution in [0.15, 0.2) is 0 Å². The first kappa shape index (κ1) is 104. The molecule has 0 saturated heterocycles. The summed E-state index contributed by atoms with van der Waals surface area (Å²) < 4.78 is 68.8. The highest BCUT2D eigenvalue weighted by molar-refractivity contribution is 7.47. The van der Waals surface area contributed by atoms with Crippen LogP contribution in [-0.2, 0) is 65.4 Å². The second kappa shape index (κ2) is 77.0. The molecule has 0 amide bonds. The lowest BCUT2D eigenvalue weighted by molar-refractivity contribution is -0.161. The van der Waals surface area contributed by atoms with Crippen LogP contribution in [0.2, 0.25) is 0 Å². The fourth-order valence-corrected chi connectivity index (χ4v) is 15.0. The van der Waals surface area contributed by atoms with E-state index in [1.54, 1.807) is 0 Å². The Bertz CT molecular complexity index is 2050. The average Bonchev–Trinajstić information content (AvgIpc) is 0.907. The topological polar surface area (TPSA) is 237 Å². The van der Waals surface area contributed by atoms with Crippen molar-refractivity contribution < 1.29 is 80.2 Å². The van der Waals surface area contributed by atoms with Gasteiger partial charge in [0.25, 0.3) is 0 Å². The van der Waals surface area contributed by atoms with E-state index in [0.717, 1.165) is 108 Å². The number of phosphoric ester groups is 2. The monoisotopic (exact) mass is 1550 g/mol. The normalized spacial score (nSPS) is 14.6. The molecule has 19 heteroatoms. The zero-order valence-corrected chi connectivity index (χ0v) is 71.7. The number of ether oxygens (including phenoxy) is 4. The number of aliphatic hydroxyl groups excluding tert-OH is 1. The number of carbonyl (C=O) groups is 4. The summed E-state index contributed by atoms with van der Waals surface area (Å²) in [7, 11) is -9.93. The van der Waals surface area contributed by atoms with E-state index in [9.17, 15) is 43.2 Å². The summed E-state index contributed by atoms with van der Waals surface area (Å²) in [5, 5.41) is 10.7. The maximum Gasteiger partial charge on any atom is 0.472 e. The molecule has 0 saturated carbocycles. The lowest BCUT2D eigenvalue weighted by Crippen LogP contribution is -2.30. The summed E-state index contributed by atoms with van der Waals surface area (Å²) in [6.45, 7) is 12.1. The van der Waals surface area contributed by atoms with Gasteiger partial charge < -0.3 is 33.8 Å². The Morgan fingerprint density at radius 1 is 0.264 bits per heavy atom. The van der Waals surface area contributed by atoms with Crippen LogP contribution in [0.4, 0.5) is 0 Å². The molecule has 106 heavy (non-hydrogen) atoms. The van der Waals surface area contributed by atoms with E-state index in [2.05, 4.69) is 48.5 Å². The highest BCUT2D eigenvalue weighted by Crippen LogP contribution is 2.45. The van der Waals surface area contributed by atoms with E-state index in [4.69, 9.17) is 37.0 Å². The van der Waals surface area contributed by atoms with Crippen LogP contribution in [-0.4, -0.2) is 96.7 Å². The van der Waals surface area contributed by atoms with E-state index in [1.165, 1.54) is 270 Å². The molecule has 0 heterocycles. The smallest absolute Gasteiger partial charge is 0.462 e. The number of unbranched alkanes of at least 4 members (excludes halogenated alkanes) is 50. The van der Waals surface area contributed by atoms with Crippen LogP contribution in [0.25, 0.3) is 0 Å². The number of carbonyl (C=O) groups excluding carboxylic acids is 4. The minimum Gasteiger partial charge on any atom is -0.462 e. The Kier molecular flexibility index (Phi) is 75.6. The van der Waals surface area contributed by atoms with Crippen molar-refractivity contribution in [2.45, 2.75) is 478 Å². The zero-order chi connectivity index (χ0) is 77.9. The van der Waals surface area contributed by atoms with Crippen LogP contribution >= 0.6 is 15.6 Å². The van der Waals surface area contributed by atoms with Crippen molar-refractivity contribution in [3.63, 3.8) is 0 Å². The number of hydrogen-bond acceptors (Lipinski definition) is 15. The Balaban J connectivity index is 5.19. The van der Waals surface area contributed by atoms with Crippen molar-refractivity contribution in [3.05, 3.63) is 0 Å². The number of aliphatic hydroxyl groups is 1. The zero-order valence-electron chi connectivity index (χ0n) is 69.9. The molecule has 3 N–H and O–H groups in total. The lowest BCUT2D eigenvalue weighted by atomic mass is 9.99. The maximum absolute atomic E-state index is 13.2. The molecule has 0 radical (unpaired) electrons. The minimum atomic E-state index is -4.97. The molecule has 0 aliphatic heterocycles. The molecule has 0 aliphatic rings. The second-order valence-corrected chi connectivity index (χ2v) is 34.9. The number of phosphoric acid groups is 2. The van der Waals surface area contributed by atoms with E-state index in [0.29, 0.717) is 25.7 Å². The summed E-state index contributed by atoms with van der Waals surface area (Å²) in [6.07, 6.45) is 68.0. The van der Waals surface area contributed by atoms with Crippen molar-refractivity contribution in [1.82, 2.24) is 0 Å². The lowest BCUT2D eigenvalue weighted by Gasteiger charge is -2.21. The van der Waals surface area contributed by atoms with Gasteiger partial charge in [0.05, 0.1) is 26.4 Å². The minimum absolute atomic E-state index is 0.105. The third kappa shape index (κ3) is 76.1. The first-order chi connectivity index (χ1) is 51.3. The summed E-state index contributed by atoms with van der Waals surface area (Å²) in [6, 6.07) is 0. The van der Waals surface area contributed by atoms with Crippen molar-refractivity contribution in [1.29, 1.82) is 0 Å². The quantitative estimate of drug-likeness (QED) is 0.0222. The van der Waals surface area contributed by atoms with Gasteiger partial charge in [0.1, 0.15) is 19.3 Å². The molecule has 0 bridgehead atoms. The van der Waals surface area contributed by atoms with Crippen LogP contribution < -0.4 is 0 Å². The first-order valence-corrected chi connectivity index (χ1v) is 48.0. The van der Waals surface area contributed by atoms with Gasteiger partial charge in [0, 0.05) is 25.7 Å². The summed E-state index contributed by atoms with van der Waals surface area (Å²) in [5.41, 5.74) is 0. The summed E-state index contributed by atoms with van der Waals surface area (Å²) >= 11 is 0. The van der Waals surface area contributed by atoms with Gasteiger partial charge in [-0.15, -0.1) is 0 Å². The molecule has 0 fully saturated rings. The fraction of sp³-hybridized carbons (Fsp3) is 0.954. The number of esters is 4. The molecule has 17 nitrogen and oxygen atoms in total. The third-order valence-electron chi connectivity index (χ3n) is 21.5. The van der Waals surface area contributed by atoms with Gasteiger partial charge in [-0.05, 0) is 43.4 Å². The molecule has 0 aromatic rings. The van der Waals surface area contributed by atoms with Crippen molar-refractivity contribution in [2.24, 2.45) is 17.8 Å². The number of hydrogen-bond donors (Lipinski definition) is 3. The summed E-state index contributed by atoms with van der Waals surface area (Å²) in [5.74, 6) is 0.408. The Labute approximate surface area is 651 Å². The molecule has 0 aromatic heterocycles. The van der Waals surface area contributed by atoms with Crippen molar-refractivity contribution >= 4 is 39.5 Å². The summed E-state index contributed by atoms with van der Waals surface area (Å²) in [4.78, 5) is 73.2. The SMILES string of the molecule is CCCCCCCCCCCCC(=O)OC[C@H](COP(=O)(O)OC[C@H](O)COP(=O)(O)OC[C@@H](COC(=O)CCCCCCCCCCCCCCCCCCCCC(C)CC)OC(=O)CCCCCCCCCCCCCCCCCCCCC(C)CC)OC(=O)CCCCCCCCCCC(C)CC. The van der Waals surface area contributed by atoms with Gasteiger partial charge in [-0.3, -0.25) is 37.3 Å². The van der Waals surface area contributed by atoms with Gasteiger partial charge in [-0.25, -0.2) is 9.13 Å². The second-order valence-electron chi connectivity index (χ2n) is 32.0. The van der Waals surface area contributed by atoms with Gasteiger partial charge in [-0.2, -0.15) is 0 Å².